The molecule has 0 heterocycles. The standard InChI is InChI=1S/C13H27N3O.HI/c1-3-4-10-17-11-9-15-13(14-2)16-12-7-5-6-8-12;/h12H,3-11H2,1-2H3,(H2,14,15,16);1H. The number of rotatable bonds is 7. The smallest absolute Gasteiger partial charge is 0.191 e. The lowest BCUT2D eigenvalue weighted by atomic mass is 10.2. The summed E-state index contributed by atoms with van der Waals surface area (Å²) in [5.41, 5.74) is 0. The van der Waals surface area contributed by atoms with Crippen molar-refractivity contribution in [1.29, 1.82) is 0 Å². The molecule has 0 unspecified atom stereocenters. The monoisotopic (exact) mass is 369 g/mol. The van der Waals surface area contributed by atoms with Gasteiger partial charge < -0.3 is 15.4 Å². The van der Waals surface area contributed by atoms with Crippen LogP contribution in [0.2, 0.25) is 0 Å². The Morgan fingerprint density at radius 2 is 2.00 bits per heavy atom. The van der Waals surface area contributed by atoms with Crippen LogP contribution in [-0.4, -0.2) is 38.8 Å². The summed E-state index contributed by atoms with van der Waals surface area (Å²) in [7, 11) is 1.82. The van der Waals surface area contributed by atoms with Gasteiger partial charge in [-0.15, -0.1) is 24.0 Å². The molecule has 0 saturated heterocycles. The molecule has 1 aliphatic rings. The van der Waals surface area contributed by atoms with Crippen molar-refractivity contribution in [3.8, 4) is 0 Å². The highest BCUT2D eigenvalue weighted by Crippen LogP contribution is 2.17. The van der Waals surface area contributed by atoms with Crippen LogP contribution in [0, 0.1) is 0 Å². The van der Waals surface area contributed by atoms with E-state index in [4.69, 9.17) is 4.74 Å². The van der Waals surface area contributed by atoms with E-state index in [9.17, 15) is 0 Å². The van der Waals surface area contributed by atoms with Crippen molar-refractivity contribution in [2.24, 2.45) is 4.99 Å². The van der Waals surface area contributed by atoms with Crippen LogP contribution in [0.4, 0.5) is 0 Å². The van der Waals surface area contributed by atoms with Crippen LogP contribution in [0.15, 0.2) is 4.99 Å². The van der Waals surface area contributed by atoms with Crippen molar-refractivity contribution in [2.75, 3.05) is 26.8 Å². The highest BCUT2D eigenvalue weighted by molar-refractivity contribution is 14.0. The molecule has 1 saturated carbocycles. The molecule has 1 fully saturated rings. The van der Waals surface area contributed by atoms with E-state index in [0.717, 1.165) is 32.1 Å². The van der Waals surface area contributed by atoms with Gasteiger partial charge >= 0.3 is 0 Å². The van der Waals surface area contributed by atoms with Gasteiger partial charge in [0.15, 0.2) is 5.96 Å². The summed E-state index contributed by atoms with van der Waals surface area (Å²) >= 11 is 0. The Labute approximate surface area is 128 Å². The molecule has 0 spiro atoms. The first-order chi connectivity index (χ1) is 8.36. The maximum atomic E-state index is 5.49. The average molecular weight is 369 g/mol. The Morgan fingerprint density at radius 3 is 2.61 bits per heavy atom. The van der Waals surface area contributed by atoms with Gasteiger partial charge in [0, 0.05) is 26.2 Å². The number of nitrogens with zero attached hydrogens (tertiary/aromatic N) is 1. The van der Waals surface area contributed by atoms with Crippen LogP contribution in [0.3, 0.4) is 0 Å². The van der Waals surface area contributed by atoms with Crippen molar-refractivity contribution in [1.82, 2.24) is 10.6 Å². The van der Waals surface area contributed by atoms with Gasteiger partial charge in [-0.3, -0.25) is 4.99 Å². The van der Waals surface area contributed by atoms with Crippen molar-refractivity contribution in [2.45, 2.75) is 51.5 Å². The maximum Gasteiger partial charge on any atom is 0.191 e. The number of ether oxygens (including phenoxy) is 1. The maximum absolute atomic E-state index is 5.49. The van der Waals surface area contributed by atoms with Crippen LogP contribution in [0.1, 0.15) is 45.4 Å². The molecule has 1 rings (SSSR count). The van der Waals surface area contributed by atoms with E-state index >= 15 is 0 Å². The number of nitrogens with one attached hydrogen (secondary N) is 2. The number of guanidine groups is 1. The molecule has 0 bridgehead atoms. The molecular weight excluding hydrogens is 341 g/mol. The number of hydrogen-bond acceptors (Lipinski definition) is 2. The average Bonchev–Trinajstić information content (AvgIpc) is 2.85. The molecule has 0 aromatic carbocycles. The van der Waals surface area contributed by atoms with Crippen molar-refractivity contribution < 1.29 is 4.74 Å². The van der Waals surface area contributed by atoms with E-state index in [2.05, 4.69) is 22.5 Å². The quantitative estimate of drug-likeness (QED) is 0.314. The van der Waals surface area contributed by atoms with Crippen LogP contribution in [0.25, 0.3) is 0 Å². The summed E-state index contributed by atoms with van der Waals surface area (Å²) < 4.78 is 5.49. The van der Waals surface area contributed by atoms with E-state index in [-0.39, 0.29) is 24.0 Å². The second-order valence-corrected chi connectivity index (χ2v) is 4.59. The molecule has 0 radical (unpaired) electrons. The van der Waals surface area contributed by atoms with Crippen LogP contribution in [0.5, 0.6) is 0 Å². The van der Waals surface area contributed by atoms with Gasteiger partial charge in [-0.25, -0.2) is 0 Å². The Morgan fingerprint density at radius 1 is 1.28 bits per heavy atom. The summed E-state index contributed by atoms with van der Waals surface area (Å²) in [5.74, 6) is 0.913. The van der Waals surface area contributed by atoms with Gasteiger partial charge in [-0.05, 0) is 19.3 Å². The van der Waals surface area contributed by atoms with Gasteiger partial charge in [0.25, 0.3) is 0 Å². The summed E-state index contributed by atoms with van der Waals surface area (Å²) in [5, 5.41) is 6.74. The summed E-state index contributed by atoms with van der Waals surface area (Å²) in [6.07, 6.45) is 7.57. The zero-order chi connectivity index (χ0) is 12.3. The minimum absolute atomic E-state index is 0. The largest absolute Gasteiger partial charge is 0.380 e. The van der Waals surface area contributed by atoms with Crippen LogP contribution >= 0.6 is 24.0 Å². The molecule has 0 aromatic heterocycles. The fourth-order valence-electron chi connectivity index (χ4n) is 2.05. The first kappa shape index (κ1) is 18.0. The van der Waals surface area contributed by atoms with E-state index in [1.165, 1.54) is 32.1 Å². The van der Waals surface area contributed by atoms with E-state index < -0.39 is 0 Å². The minimum atomic E-state index is 0. The molecule has 0 aliphatic heterocycles. The zero-order valence-corrected chi connectivity index (χ0v) is 14.0. The van der Waals surface area contributed by atoms with Gasteiger partial charge in [-0.1, -0.05) is 26.2 Å². The second-order valence-electron chi connectivity index (χ2n) is 4.59. The molecule has 4 nitrogen and oxygen atoms in total. The molecule has 5 heteroatoms. The van der Waals surface area contributed by atoms with Crippen molar-refractivity contribution in [3.63, 3.8) is 0 Å². The number of unbranched alkanes of at least 4 members (excludes halogenated alkanes) is 1. The summed E-state index contributed by atoms with van der Waals surface area (Å²) in [4.78, 5) is 4.22. The highest BCUT2D eigenvalue weighted by Gasteiger charge is 2.15. The van der Waals surface area contributed by atoms with Crippen LogP contribution < -0.4 is 10.6 Å². The van der Waals surface area contributed by atoms with Crippen molar-refractivity contribution >= 4 is 29.9 Å². The molecule has 108 valence electrons. The normalized spacial score (nSPS) is 16.4. The number of hydrogen-bond donors (Lipinski definition) is 2. The van der Waals surface area contributed by atoms with E-state index in [1.54, 1.807) is 0 Å². The van der Waals surface area contributed by atoms with Gasteiger partial charge in [-0.2, -0.15) is 0 Å². The highest BCUT2D eigenvalue weighted by atomic mass is 127. The van der Waals surface area contributed by atoms with Crippen LogP contribution in [-0.2, 0) is 4.74 Å². The van der Waals surface area contributed by atoms with Gasteiger partial charge in [0.2, 0.25) is 0 Å². The van der Waals surface area contributed by atoms with Gasteiger partial charge in [0.05, 0.1) is 6.61 Å². The Kier molecular flexibility index (Phi) is 12.0. The molecule has 18 heavy (non-hydrogen) atoms. The summed E-state index contributed by atoms with van der Waals surface area (Å²) in [6, 6.07) is 0.613. The lowest BCUT2D eigenvalue weighted by molar-refractivity contribution is 0.136. The molecule has 0 amide bonds. The summed E-state index contributed by atoms with van der Waals surface area (Å²) in [6.45, 7) is 4.63. The predicted molar refractivity (Wildman–Crippen MR) is 87.9 cm³/mol. The third-order valence-corrected chi connectivity index (χ3v) is 3.10. The van der Waals surface area contributed by atoms with E-state index in [1.807, 2.05) is 7.05 Å². The van der Waals surface area contributed by atoms with Gasteiger partial charge in [0.1, 0.15) is 0 Å². The lowest BCUT2D eigenvalue weighted by Gasteiger charge is -2.16. The Hall–Kier alpha value is -0.0400. The van der Waals surface area contributed by atoms with Crippen molar-refractivity contribution in [3.05, 3.63) is 0 Å². The van der Waals surface area contributed by atoms with E-state index in [0.29, 0.717) is 6.04 Å². The molecule has 2 N–H and O–H groups in total. The Balaban J connectivity index is 0.00000289. The molecule has 0 atom stereocenters. The Bertz CT molecular complexity index is 218. The zero-order valence-electron chi connectivity index (χ0n) is 11.7. The SMILES string of the molecule is CCCCOCCNC(=NC)NC1CCCC1.I. The topological polar surface area (TPSA) is 45.6 Å². The fourth-order valence-corrected chi connectivity index (χ4v) is 2.05. The third kappa shape index (κ3) is 8.13. The second kappa shape index (κ2) is 12.0. The fraction of sp³-hybridized carbons (Fsp3) is 0.923. The molecular formula is C13H28IN3O. The minimum Gasteiger partial charge on any atom is -0.380 e. The predicted octanol–water partition coefficient (Wildman–Crippen LogP) is 2.53. The number of halogens is 1. The first-order valence-electron chi connectivity index (χ1n) is 6.91. The third-order valence-electron chi connectivity index (χ3n) is 3.10. The first-order valence-corrected chi connectivity index (χ1v) is 6.91. The number of aliphatic imine (C=N–C) groups is 1. The molecule has 1 aliphatic carbocycles. The lowest BCUT2D eigenvalue weighted by Crippen LogP contribution is -2.43. The molecule has 0 aromatic rings.